The van der Waals surface area contributed by atoms with Crippen LogP contribution < -0.4 is 5.32 Å². The molecule has 1 unspecified atom stereocenters. The third kappa shape index (κ3) is 7.08. The molecule has 2 aliphatic rings. The minimum Gasteiger partial charge on any atom is -0.391 e. The van der Waals surface area contributed by atoms with Crippen LogP contribution in [0.1, 0.15) is 47.2 Å². The van der Waals surface area contributed by atoms with Crippen LogP contribution in [0, 0.1) is 5.92 Å². The Bertz CT molecular complexity index is 849. The number of hydrogen-bond donors (Lipinski definition) is 2. The minimum absolute atomic E-state index is 0.0139. The van der Waals surface area contributed by atoms with Crippen molar-refractivity contribution >= 4 is 11.8 Å². The predicted octanol–water partition coefficient (Wildman–Crippen LogP) is 3.15. The standard InChI is InChI=1S/C22H27F6N3O3/c23-21(24,25)16-8-15(9-17(10-16)22(26,27)28)20(34)29-11-14-3-6-30(7-4-14)13-19(33)31-5-1-2-18(32)12-31/h8-10,14,18,32H,1-7,11-13H2,(H,29,34). The fourth-order valence-electron chi connectivity index (χ4n) is 4.25. The molecule has 1 aromatic rings. The summed E-state index contributed by atoms with van der Waals surface area (Å²) in [7, 11) is 0. The van der Waals surface area contributed by atoms with Crippen molar-refractivity contribution in [2.24, 2.45) is 5.92 Å². The second-order valence-electron chi connectivity index (χ2n) is 8.86. The van der Waals surface area contributed by atoms with Gasteiger partial charge in [-0.1, -0.05) is 0 Å². The van der Waals surface area contributed by atoms with E-state index in [2.05, 4.69) is 5.32 Å². The number of likely N-dealkylation sites (tertiary alicyclic amines) is 2. The number of nitrogens with one attached hydrogen (secondary N) is 1. The summed E-state index contributed by atoms with van der Waals surface area (Å²) < 4.78 is 78.0. The molecule has 0 radical (unpaired) electrons. The largest absolute Gasteiger partial charge is 0.416 e. The van der Waals surface area contributed by atoms with Crippen LogP contribution in [0.3, 0.4) is 0 Å². The zero-order valence-corrected chi connectivity index (χ0v) is 18.4. The molecule has 1 aromatic carbocycles. The summed E-state index contributed by atoms with van der Waals surface area (Å²) in [5, 5.41) is 12.2. The van der Waals surface area contributed by atoms with E-state index in [-0.39, 0.29) is 31.0 Å². The molecular formula is C22H27F6N3O3. The molecule has 2 aliphatic heterocycles. The molecule has 0 spiro atoms. The lowest BCUT2D eigenvalue weighted by atomic mass is 9.96. The fourth-order valence-corrected chi connectivity index (χ4v) is 4.25. The molecule has 6 nitrogen and oxygen atoms in total. The minimum atomic E-state index is -5.02. The van der Waals surface area contributed by atoms with Crippen molar-refractivity contribution in [3.63, 3.8) is 0 Å². The van der Waals surface area contributed by atoms with Gasteiger partial charge in [0.05, 0.1) is 23.8 Å². The van der Waals surface area contributed by atoms with Gasteiger partial charge in [-0.05, 0) is 62.9 Å². The quantitative estimate of drug-likeness (QED) is 0.616. The van der Waals surface area contributed by atoms with Gasteiger partial charge in [0.25, 0.3) is 5.91 Å². The molecule has 2 saturated heterocycles. The van der Waals surface area contributed by atoms with Gasteiger partial charge in [0, 0.05) is 25.2 Å². The van der Waals surface area contributed by atoms with Gasteiger partial charge in [-0.3, -0.25) is 14.5 Å². The van der Waals surface area contributed by atoms with E-state index in [9.17, 15) is 41.0 Å². The molecule has 190 valence electrons. The zero-order valence-electron chi connectivity index (χ0n) is 18.4. The van der Waals surface area contributed by atoms with Crippen LogP contribution in [0.25, 0.3) is 0 Å². The molecule has 0 aliphatic carbocycles. The summed E-state index contributed by atoms with van der Waals surface area (Å²) in [5.41, 5.74) is -3.77. The van der Waals surface area contributed by atoms with Gasteiger partial charge in [-0.15, -0.1) is 0 Å². The molecule has 0 bridgehead atoms. The average molecular weight is 495 g/mol. The van der Waals surface area contributed by atoms with Gasteiger partial charge >= 0.3 is 12.4 Å². The highest BCUT2D eigenvalue weighted by atomic mass is 19.4. The number of hydrogen-bond acceptors (Lipinski definition) is 4. The summed E-state index contributed by atoms with van der Waals surface area (Å²) >= 11 is 0. The highest BCUT2D eigenvalue weighted by Gasteiger charge is 2.37. The van der Waals surface area contributed by atoms with Crippen LogP contribution >= 0.6 is 0 Å². The van der Waals surface area contributed by atoms with E-state index in [1.54, 1.807) is 4.90 Å². The third-order valence-electron chi connectivity index (χ3n) is 6.22. The highest BCUT2D eigenvalue weighted by molar-refractivity contribution is 5.94. The Morgan fingerprint density at radius 2 is 1.53 bits per heavy atom. The number of aliphatic hydroxyl groups is 1. The first kappa shape index (κ1) is 26.3. The van der Waals surface area contributed by atoms with Crippen LogP contribution in [0.4, 0.5) is 26.3 Å². The van der Waals surface area contributed by atoms with E-state index in [4.69, 9.17) is 0 Å². The number of alkyl halides is 6. The smallest absolute Gasteiger partial charge is 0.391 e. The molecule has 0 aromatic heterocycles. The van der Waals surface area contributed by atoms with Crippen molar-refractivity contribution in [2.45, 2.75) is 44.1 Å². The van der Waals surface area contributed by atoms with Gasteiger partial charge < -0.3 is 15.3 Å². The number of halogens is 6. The number of benzene rings is 1. The van der Waals surface area contributed by atoms with Gasteiger partial charge in [-0.2, -0.15) is 26.3 Å². The van der Waals surface area contributed by atoms with Crippen molar-refractivity contribution in [2.75, 3.05) is 39.3 Å². The highest BCUT2D eigenvalue weighted by Crippen LogP contribution is 2.36. The number of aliphatic hydroxyl groups excluding tert-OH is 1. The topological polar surface area (TPSA) is 72.9 Å². The summed E-state index contributed by atoms with van der Waals surface area (Å²) in [4.78, 5) is 28.4. The van der Waals surface area contributed by atoms with Crippen LogP contribution in [0.15, 0.2) is 18.2 Å². The summed E-state index contributed by atoms with van der Waals surface area (Å²) in [6, 6.07) is 0.811. The second-order valence-corrected chi connectivity index (χ2v) is 8.86. The Labute approximate surface area is 192 Å². The lowest BCUT2D eigenvalue weighted by Crippen LogP contribution is -2.48. The molecule has 12 heteroatoms. The van der Waals surface area contributed by atoms with Crippen molar-refractivity contribution in [3.05, 3.63) is 34.9 Å². The molecule has 2 heterocycles. The van der Waals surface area contributed by atoms with Crippen molar-refractivity contribution in [3.8, 4) is 0 Å². The Morgan fingerprint density at radius 1 is 0.941 bits per heavy atom. The first-order valence-corrected chi connectivity index (χ1v) is 11.1. The molecule has 3 rings (SSSR count). The fraction of sp³-hybridized carbons (Fsp3) is 0.636. The molecule has 34 heavy (non-hydrogen) atoms. The van der Waals surface area contributed by atoms with E-state index in [0.717, 1.165) is 6.42 Å². The van der Waals surface area contributed by atoms with Gasteiger partial charge in [0.1, 0.15) is 0 Å². The predicted molar refractivity (Wildman–Crippen MR) is 110 cm³/mol. The molecule has 2 N–H and O–H groups in total. The first-order chi connectivity index (χ1) is 15.8. The van der Waals surface area contributed by atoms with E-state index in [1.807, 2.05) is 4.90 Å². The van der Waals surface area contributed by atoms with E-state index in [1.165, 1.54) is 0 Å². The number of β-amino-alcohol motifs (C(OH)–C–C–N with tert-alkyl or cyclic N) is 1. The Morgan fingerprint density at radius 3 is 2.06 bits per heavy atom. The normalized spacial score (nSPS) is 20.9. The summed E-state index contributed by atoms with van der Waals surface area (Å²) in [5.74, 6) is -1.08. The molecule has 2 fully saturated rings. The maximum absolute atomic E-state index is 13.0. The lowest BCUT2D eigenvalue weighted by Gasteiger charge is -2.35. The van der Waals surface area contributed by atoms with Crippen LogP contribution in [0.2, 0.25) is 0 Å². The van der Waals surface area contributed by atoms with E-state index >= 15 is 0 Å². The lowest BCUT2D eigenvalue weighted by molar-refractivity contribution is -0.143. The molecule has 1 atom stereocenters. The van der Waals surface area contributed by atoms with E-state index < -0.39 is 41.1 Å². The maximum Gasteiger partial charge on any atom is 0.416 e. The van der Waals surface area contributed by atoms with Crippen LogP contribution in [-0.4, -0.2) is 72.1 Å². The van der Waals surface area contributed by atoms with Crippen LogP contribution in [-0.2, 0) is 17.1 Å². The second kappa shape index (κ2) is 10.5. The molecule has 2 amide bonds. The van der Waals surface area contributed by atoms with Crippen molar-refractivity contribution < 1.29 is 41.0 Å². The van der Waals surface area contributed by atoms with Gasteiger partial charge in [-0.25, -0.2) is 0 Å². The third-order valence-corrected chi connectivity index (χ3v) is 6.22. The molecule has 0 saturated carbocycles. The van der Waals surface area contributed by atoms with Gasteiger partial charge in [0.15, 0.2) is 0 Å². The zero-order chi connectivity index (χ0) is 25.1. The van der Waals surface area contributed by atoms with Gasteiger partial charge in [0.2, 0.25) is 5.91 Å². The Kier molecular flexibility index (Phi) is 8.12. The maximum atomic E-state index is 13.0. The average Bonchev–Trinajstić information content (AvgIpc) is 2.77. The van der Waals surface area contributed by atoms with Crippen molar-refractivity contribution in [1.29, 1.82) is 0 Å². The Balaban J connectivity index is 1.51. The number of rotatable bonds is 5. The Hall–Kier alpha value is -2.34. The number of nitrogens with zero attached hydrogens (tertiary/aromatic N) is 2. The SMILES string of the molecule is O=C(NCC1CCN(CC(=O)N2CCCC(O)C2)CC1)c1cc(C(F)(F)F)cc(C(F)(F)F)c1. The number of carbonyl (C=O) groups excluding carboxylic acids is 2. The number of carbonyl (C=O) groups is 2. The summed E-state index contributed by atoms with van der Waals surface area (Å²) in [6.07, 6.45) is -7.88. The molecular weight excluding hydrogens is 468 g/mol. The monoisotopic (exact) mass is 495 g/mol. The number of piperidine rings is 2. The number of amides is 2. The van der Waals surface area contributed by atoms with Crippen LogP contribution in [0.5, 0.6) is 0 Å². The van der Waals surface area contributed by atoms with E-state index in [0.29, 0.717) is 57.6 Å². The van der Waals surface area contributed by atoms with Crippen molar-refractivity contribution in [1.82, 2.24) is 15.1 Å². The summed E-state index contributed by atoms with van der Waals surface area (Å²) in [6.45, 7) is 2.42. The first-order valence-electron chi connectivity index (χ1n) is 11.1.